The number of phenolic OH excluding ortho intramolecular Hbond substituents is 2. The van der Waals surface area contributed by atoms with Crippen LogP contribution in [0.1, 0.15) is 81.1 Å². The number of ether oxygens (including phenoxy) is 1. The van der Waals surface area contributed by atoms with Gasteiger partial charge in [0, 0.05) is 32.0 Å². The number of carbonyl (C=O) groups is 2. The van der Waals surface area contributed by atoms with Crippen LogP contribution in [-0.4, -0.2) is 58.5 Å². The lowest BCUT2D eigenvalue weighted by atomic mass is 9.98. The van der Waals surface area contributed by atoms with Crippen molar-refractivity contribution in [1.29, 1.82) is 0 Å². The van der Waals surface area contributed by atoms with Crippen LogP contribution in [0.4, 0.5) is 0 Å². The highest BCUT2D eigenvalue weighted by Gasteiger charge is 2.26. The number of hydrogen-bond donors (Lipinski definition) is 2. The van der Waals surface area contributed by atoms with Gasteiger partial charge >= 0.3 is 5.97 Å². The smallest absolute Gasteiger partial charge is 0.342 e. The molecule has 1 amide bonds. The monoisotopic (exact) mass is 532 g/mol. The molecule has 1 unspecified atom stereocenters. The van der Waals surface area contributed by atoms with Crippen LogP contribution in [0.5, 0.6) is 11.5 Å². The number of oxime groups is 1. The maximum absolute atomic E-state index is 13.2. The quantitative estimate of drug-likeness (QED) is 0.286. The van der Waals surface area contributed by atoms with Gasteiger partial charge in [-0.05, 0) is 57.1 Å². The number of piperidine rings is 1. The van der Waals surface area contributed by atoms with Crippen LogP contribution in [0.3, 0.4) is 0 Å². The van der Waals surface area contributed by atoms with Crippen molar-refractivity contribution in [3.05, 3.63) is 46.0 Å². The van der Waals surface area contributed by atoms with E-state index in [1.54, 1.807) is 4.90 Å². The van der Waals surface area contributed by atoms with Gasteiger partial charge in [-0.25, -0.2) is 4.79 Å². The second-order valence-electron chi connectivity index (χ2n) is 9.61. The Kier molecular flexibility index (Phi) is 10.9. The van der Waals surface area contributed by atoms with Crippen LogP contribution < -0.4 is 0 Å². The van der Waals surface area contributed by atoms with E-state index in [4.69, 9.17) is 21.2 Å². The lowest BCUT2D eigenvalue weighted by Gasteiger charge is -2.26. The summed E-state index contributed by atoms with van der Waals surface area (Å²) in [5.74, 6) is -1.64. The van der Waals surface area contributed by atoms with Gasteiger partial charge in [-0.2, -0.15) is 0 Å². The molecule has 0 spiro atoms. The largest absolute Gasteiger partial charge is 0.507 e. The number of aromatic hydroxyl groups is 2. The van der Waals surface area contributed by atoms with Crippen LogP contribution in [0.15, 0.2) is 35.0 Å². The summed E-state index contributed by atoms with van der Waals surface area (Å²) in [4.78, 5) is 32.9. The molecular weight excluding hydrogens is 496 g/mol. The number of halogens is 1. The molecule has 0 saturated carbocycles. The SMILES string of the molecule is CCCC1C/C=C/CC/C(C)=C/C(=N\OCC(=O)N2CCCCC2)Cc2c(Cl)c(O)cc(O)c2C(=O)O1. The van der Waals surface area contributed by atoms with Gasteiger partial charge < -0.3 is 24.7 Å². The number of esters is 1. The first kappa shape index (κ1) is 28.6. The highest BCUT2D eigenvalue weighted by atomic mass is 35.5. The number of nitrogens with zero attached hydrogens (tertiary/aromatic N) is 2. The molecule has 202 valence electrons. The number of allylic oxidation sites excluding steroid dienone is 3. The number of cyclic esters (lactones) is 1. The number of rotatable bonds is 5. The first-order valence-corrected chi connectivity index (χ1v) is 13.4. The standard InChI is InChI=1S/C28H37ClN2O6/c1-3-10-21-12-7-4-6-11-19(2)15-20(30-36-18-25(34)31-13-8-5-9-14-31)16-22-26(28(35)37-21)23(32)17-24(33)27(22)29/h4,7,15,17,21,32-33H,3,5-6,8-14,16,18H2,1-2H3/b7-4+,19-15+,30-20+. The van der Waals surface area contributed by atoms with Gasteiger partial charge in [-0.15, -0.1) is 0 Å². The summed E-state index contributed by atoms with van der Waals surface area (Å²) in [6, 6.07) is 1.03. The summed E-state index contributed by atoms with van der Waals surface area (Å²) in [5, 5.41) is 25.0. The minimum atomic E-state index is -0.723. The Hall–Kier alpha value is -3.00. The third-order valence-corrected chi connectivity index (χ3v) is 6.95. The Morgan fingerprint density at radius 2 is 1.97 bits per heavy atom. The molecule has 1 atom stereocenters. The van der Waals surface area contributed by atoms with Gasteiger partial charge in [0.15, 0.2) is 6.61 Å². The van der Waals surface area contributed by atoms with Crippen LogP contribution >= 0.6 is 11.6 Å². The molecular formula is C28H37ClN2O6. The summed E-state index contributed by atoms with van der Waals surface area (Å²) in [7, 11) is 0. The summed E-state index contributed by atoms with van der Waals surface area (Å²) in [6.07, 6.45) is 12.2. The van der Waals surface area contributed by atoms with Crippen molar-refractivity contribution in [2.45, 2.75) is 77.7 Å². The maximum atomic E-state index is 13.2. The topological polar surface area (TPSA) is 109 Å². The summed E-state index contributed by atoms with van der Waals surface area (Å²) >= 11 is 6.43. The molecule has 1 saturated heterocycles. The molecule has 0 aromatic heterocycles. The number of carbonyl (C=O) groups excluding carboxylic acids is 2. The molecule has 37 heavy (non-hydrogen) atoms. The third kappa shape index (κ3) is 8.25. The van der Waals surface area contributed by atoms with Gasteiger partial charge in [0.2, 0.25) is 0 Å². The highest BCUT2D eigenvalue weighted by molar-refractivity contribution is 6.33. The van der Waals surface area contributed by atoms with Gasteiger partial charge in [-0.3, -0.25) is 4.79 Å². The lowest BCUT2D eigenvalue weighted by molar-refractivity contribution is -0.137. The van der Waals surface area contributed by atoms with E-state index in [1.165, 1.54) is 0 Å². The fraction of sp³-hybridized carbons (Fsp3) is 0.536. The van der Waals surface area contributed by atoms with Gasteiger partial charge in [-0.1, -0.05) is 47.8 Å². The number of amides is 1. The zero-order valence-electron chi connectivity index (χ0n) is 21.7. The molecule has 1 aromatic rings. The second kappa shape index (κ2) is 14.1. The molecule has 0 aliphatic carbocycles. The van der Waals surface area contributed by atoms with E-state index in [0.29, 0.717) is 31.6 Å². The van der Waals surface area contributed by atoms with E-state index < -0.39 is 11.7 Å². The van der Waals surface area contributed by atoms with E-state index in [1.807, 2.05) is 26.0 Å². The minimum Gasteiger partial charge on any atom is -0.507 e. The Bertz CT molecular complexity index is 1060. The molecule has 9 heteroatoms. The maximum Gasteiger partial charge on any atom is 0.342 e. The highest BCUT2D eigenvalue weighted by Crippen LogP contribution is 2.37. The predicted molar refractivity (Wildman–Crippen MR) is 143 cm³/mol. The fourth-order valence-electron chi connectivity index (χ4n) is 4.56. The summed E-state index contributed by atoms with van der Waals surface area (Å²) in [5.41, 5.74) is 1.48. The minimum absolute atomic E-state index is 0.0191. The molecule has 1 aromatic carbocycles. The fourth-order valence-corrected chi connectivity index (χ4v) is 4.78. The third-order valence-electron chi connectivity index (χ3n) is 6.53. The normalized spacial score (nSPS) is 22.8. The Morgan fingerprint density at radius 1 is 1.22 bits per heavy atom. The van der Waals surface area contributed by atoms with Crippen molar-refractivity contribution in [2.24, 2.45) is 5.16 Å². The van der Waals surface area contributed by atoms with Crippen molar-refractivity contribution in [3.8, 4) is 11.5 Å². The number of hydrogen-bond acceptors (Lipinski definition) is 7. The number of benzene rings is 1. The molecule has 1 fully saturated rings. The van der Waals surface area contributed by atoms with Crippen LogP contribution in [0.2, 0.25) is 5.02 Å². The zero-order chi connectivity index (χ0) is 26.8. The Morgan fingerprint density at radius 3 is 2.70 bits per heavy atom. The van der Waals surface area contributed by atoms with Crippen molar-refractivity contribution in [1.82, 2.24) is 4.90 Å². The molecule has 2 aliphatic rings. The molecule has 2 heterocycles. The average molecular weight is 533 g/mol. The van der Waals surface area contributed by atoms with E-state index in [0.717, 1.165) is 50.2 Å². The van der Waals surface area contributed by atoms with E-state index >= 15 is 0 Å². The summed E-state index contributed by atoms with van der Waals surface area (Å²) < 4.78 is 5.75. The van der Waals surface area contributed by atoms with Crippen molar-refractivity contribution >= 4 is 29.2 Å². The Balaban J connectivity index is 1.95. The van der Waals surface area contributed by atoms with Crippen LogP contribution in [-0.2, 0) is 20.8 Å². The van der Waals surface area contributed by atoms with E-state index in [-0.39, 0.29) is 46.9 Å². The van der Waals surface area contributed by atoms with Gasteiger partial charge in [0.1, 0.15) is 23.2 Å². The molecule has 2 aliphatic heterocycles. The van der Waals surface area contributed by atoms with Crippen molar-refractivity contribution in [2.75, 3.05) is 19.7 Å². The number of likely N-dealkylation sites (tertiary alicyclic amines) is 1. The van der Waals surface area contributed by atoms with Crippen LogP contribution in [0.25, 0.3) is 0 Å². The van der Waals surface area contributed by atoms with E-state index in [2.05, 4.69) is 11.2 Å². The first-order chi connectivity index (χ1) is 17.8. The Labute approximate surface area is 223 Å². The summed E-state index contributed by atoms with van der Waals surface area (Å²) in [6.45, 7) is 5.20. The molecule has 2 N–H and O–H groups in total. The van der Waals surface area contributed by atoms with Crippen molar-refractivity contribution < 1.29 is 29.4 Å². The number of fused-ring (bicyclic) bond motifs is 1. The first-order valence-electron chi connectivity index (χ1n) is 13.0. The van der Waals surface area contributed by atoms with Crippen LogP contribution in [0, 0.1) is 0 Å². The molecule has 0 bridgehead atoms. The van der Waals surface area contributed by atoms with Gasteiger partial charge in [0.25, 0.3) is 5.91 Å². The second-order valence-corrected chi connectivity index (χ2v) is 9.99. The van der Waals surface area contributed by atoms with Gasteiger partial charge in [0.05, 0.1) is 10.7 Å². The lowest BCUT2D eigenvalue weighted by Crippen LogP contribution is -2.37. The molecule has 0 radical (unpaired) electrons. The number of phenols is 2. The van der Waals surface area contributed by atoms with Crippen molar-refractivity contribution in [3.63, 3.8) is 0 Å². The molecule has 3 rings (SSSR count). The predicted octanol–water partition coefficient (Wildman–Crippen LogP) is 5.69. The van der Waals surface area contributed by atoms with E-state index in [9.17, 15) is 19.8 Å². The zero-order valence-corrected chi connectivity index (χ0v) is 22.4. The average Bonchev–Trinajstić information content (AvgIpc) is 2.86. The molecule has 8 nitrogen and oxygen atoms in total.